The Morgan fingerprint density at radius 2 is 1.78 bits per heavy atom. The van der Waals surface area contributed by atoms with Crippen LogP contribution in [0.1, 0.15) is 6.92 Å². The summed E-state index contributed by atoms with van der Waals surface area (Å²) >= 11 is 0. The fraction of sp³-hybridized carbons (Fsp3) is 0.158. The minimum Gasteiger partial charge on any atom is -0.493 e. The van der Waals surface area contributed by atoms with Crippen molar-refractivity contribution < 1.29 is 18.3 Å². The first kappa shape index (κ1) is 18.4. The van der Waals surface area contributed by atoms with Gasteiger partial charge in [0.1, 0.15) is 17.9 Å². The molecule has 0 saturated carbocycles. The molecule has 1 heterocycles. The maximum Gasteiger partial charge on any atom is 0.178 e. The van der Waals surface area contributed by atoms with Crippen molar-refractivity contribution in [3.8, 4) is 34.0 Å². The molecule has 0 atom stereocenters. The summed E-state index contributed by atoms with van der Waals surface area (Å²) in [6.45, 7) is 2.16. The maximum atomic E-state index is 14.0. The van der Waals surface area contributed by atoms with Crippen molar-refractivity contribution in [1.29, 1.82) is 0 Å². The molecule has 6 nitrogen and oxygen atoms in total. The number of benzene rings is 2. The van der Waals surface area contributed by atoms with Gasteiger partial charge in [0.05, 0.1) is 36.4 Å². The molecule has 0 aliphatic rings. The highest BCUT2D eigenvalue weighted by Gasteiger charge is 2.19. The van der Waals surface area contributed by atoms with Crippen LogP contribution in [0.5, 0.6) is 11.5 Å². The first-order chi connectivity index (χ1) is 13.0. The highest BCUT2D eigenvalue weighted by molar-refractivity contribution is 5.89. The normalized spacial score (nSPS) is 10.7. The number of nitrogens with zero attached hydrogens (tertiary/aromatic N) is 2. The Hall–Kier alpha value is -3.42. The van der Waals surface area contributed by atoms with Crippen LogP contribution < -0.4 is 20.9 Å². The van der Waals surface area contributed by atoms with Gasteiger partial charge in [0.2, 0.25) is 0 Å². The van der Waals surface area contributed by atoms with E-state index in [1.807, 2.05) is 0 Å². The number of rotatable bonds is 5. The summed E-state index contributed by atoms with van der Waals surface area (Å²) in [5, 5.41) is 0. The second-order valence-corrected chi connectivity index (χ2v) is 5.63. The number of halogens is 2. The molecule has 8 heteroatoms. The van der Waals surface area contributed by atoms with Gasteiger partial charge in [-0.25, -0.2) is 18.7 Å². The molecule has 0 amide bonds. The van der Waals surface area contributed by atoms with Gasteiger partial charge in [-0.2, -0.15) is 0 Å². The van der Waals surface area contributed by atoms with Gasteiger partial charge >= 0.3 is 0 Å². The Kier molecular flexibility index (Phi) is 5.07. The molecule has 0 aliphatic carbocycles. The number of nitrogen functional groups attached to an aromatic ring is 2. The Balaban J connectivity index is 2.16. The number of ether oxygens (including phenoxy) is 2. The Morgan fingerprint density at radius 1 is 1.04 bits per heavy atom. The molecule has 0 radical (unpaired) electrons. The molecule has 3 aromatic rings. The van der Waals surface area contributed by atoms with Crippen molar-refractivity contribution in [3.63, 3.8) is 0 Å². The summed E-state index contributed by atoms with van der Waals surface area (Å²) in [5.41, 5.74) is 13.9. The molecule has 3 rings (SSSR count). The summed E-state index contributed by atoms with van der Waals surface area (Å²) in [6.07, 6.45) is 1.32. The minimum absolute atomic E-state index is 0.0313. The standard InChI is InChI=1S/C19H18F2N4O2/c1-3-27-16-6-10(20)4-5-11(16)14-8-15(25-9-24-14)17-13(22)7-12(21)19(26-2)18(17)23/h4-9H,3,22-23H2,1-2H3. The third-order valence-electron chi connectivity index (χ3n) is 3.95. The van der Waals surface area contributed by atoms with Crippen LogP contribution in [0.25, 0.3) is 22.5 Å². The molecule has 0 aliphatic heterocycles. The fourth-order valence-electron chi connectivity index (χ4n) is 2.79. The minimum atomic E-state index is -0.664. The van der Waals surface area contributed by atoms with E-state index in [-0.39, 0.29) is 17.1 Å². The lowest BCUT2D eigenvalue weighted by Gasteiger charge is -2.14. The Labute approximate surface area is 154 Å². The topological polar surface area (TPSA) is 96.3 Å². The zero-order chi connectivity index (χ0) is 19.6. The van der Waals surface area contributed by atoms with Crippen LogP contribution in [0.3, 0.4) is 0 Å². The number of hydrogen-bond donors (Lipinski definition) is 2. The zero-order valence-electron chi connectivity index (χ0n) is 14.8. The van der Waals surface area contributed by atoms with E-state index in [1.165, 1.54) is 25.6 Å². The van der Waals surface area contributed by atoms with E-state index < -0.39 is 11.6 Å². The van der Waals surface area contributed by atoms with E-state index in [9.17, 15) is 8.78 Å². The Morgan fingerprint density at radius 3 is 2.48 bits per heavy atom. The second-order valence-electron chi connectivity index (χ2n) is 5.63. The van der Waals surface area contributed by atoms with Crippen LogP contribution in [-0.4, -0.2) is 23.7 Å². The smallest absolute Gasteiger partial charge is 0.178 e. The number of hydrogen-bond acceptors (Lipinski definition) is 6. The highest BCUT2D eigenvalue weighted by atomic mass is 19.1. The van der Waals surface area contributed by atoms with Crippen LogP contribution in [0.2, 0.25) is 0 Å². The van der Waals surface area contributed by atoms with Crippen molar-refractivity contribution in [2.75, 3.05) is 25.2 Å². The van der Waals surface area contributed by atoms with E-state index in [0.29, 0.717) is 34.9 Å². The molecule has 0 spiro atoms. The average Bonchev–Trinajstić information content (AvgIpc) is 2.62. The first-order valence-electron chi connectivity index (χ1n) is 8.12. The van der Waals surface area contributed by atoms with Gasteiger partial charge in [-0.1, -0.05) is 0 Å². The Bertz CT molecular complexity index is 996. The lowest BCUT2D eigenvalue weighted by atomic mass is 10.0. The predicted octanol–water partition coefficient (Wildman–Crippen LogP) is 3.66. The molecule has 0 fully saturated rings. The van der Waals surface area contributed by atoms with E-state index >= 15 is 0 Å². The molecule has 4 N–H and O–H groups in total. The van der Waals surface area contributed by atoms with Gasteiger partial charge in [-0.05, 0) is 25.1 Å². The van der Waals surface area contributed by atoms with Gasteiger partial charge in [-0.3, -0.25) is 0 Å². The van der Waals surface area contributed by atoms with Crippen LogP contribution in [0, 0.1) is 11.6 Å². The highest BCUT2D eigenvalue weighted by Crippen LogP contribution is 2.40. The van der Waals surface area contributed by atoms with Crippen molar-refractivity contribution >= 4 is 11.4 Å². The van der Waals surface area contributed by atoms with Gasteiger partial charge in [0.15, 0.2) is 11.6 Å². The molecule has 0 saturated heterocycles. The van der Waals surface area contributed by atoms with E-state index in [2.05, 4.69) is 9.97 Å². The second kappa shape index (κ2) is 7.45. The van der Waals surface area contributed by atoms with E-state index in [4.69, 9.17) is 20.9 Å². The summed E-state index contributed by atoms with van der Waals surface area (Å²) in [4.78, 5) is 8.42. The predicted molar refractivity (Wildman–Crippen MR) is 99.4 cm³/mol. The molecule has 0 bridgehead atoms. The van der Waals surface area contributed by atoms with Crippen molar-refractivity contribution in [3.05, 3.63) is 48.3 Å². The molecule has 1 aromatic heterocycles. The van der Waals surface area contributed by atoms with Crippen LogP contribution in [-0.2, 0) is 0 Å². The van der Waals surface area contributed by atoms with Gasteiger partial charge in [-0.15, -0.1) is 0 Å². The third-order valence-corrected chi connectivity index (χ3v) is 3.95. The monoisotopic (exact) mass is 372 g/mol. The third kappa shape index (κ3) is 3.46. The number of nitrogens with two attached hydrogens (primary N) is 2. The average molecular weight is 372 g/mol. The van der Waals surface area contributed by atoms with Crippen molar-refractivity contribution in [1.82, 2.24) is 9.97 Å². The molecule has 140 valence electrons. The summed E-state index contributed by atoms with van der Waals surface area (Å²) < 4.78 is 38.0. The van der Waals surface area contributed by atoms with Crippen molar-refractivity contribution in [2.45, 2.75) is 6.92 Å². The molecule has 2 aromatic carbocycles. The lowest BCUT2D eigenvalue weighted by Crippen LogP contribution is -2.04. The summed E-state index contributed by atoms with van der Waals surface area (Å²) in [6, 6.07) is 6.89. The van der Waals surface area contributed by atoms with E-state index in [0.717, 1.165) is 6.07 Å². The summed E-state index contributed by atoms with van der Waals surface area (Å²) in [7, 11) is 1.31. The lowest BCUT2D eigenvalue weighted by molar-refractivity contribution is 0.339. The molecule has 0 unspecified atom stereocenters. The van der Waals surface area contributed by atoms with E-state index in [1.54, 1.807) is 19.1 Å². The molecular formula is C19H18F2N4O2. The van der Waals surface area contributed by atoms with Crippen LogP contribution >= 0.6 is 0 Å². The van der Waals surface area contributed by atoms with Gasteiger partial charge < -0.3 is 20.9 Å². The number of aromatic nitrogens is 2. The fourth-order valence-corrected chi connectivity index (χ4v) is 2.79. The quantitative estimate of drug-likeness (QED) is 0.664. The largest absolute Gasteiger partial charge is 0.493 e. The number of anilines is 2. The van der Waals surface area contributed by atoms with Crippen LogP contribution in [0.4, 0.5) is 20.2 Å². The SMILES string of the molecule is CCOc1cc(F)ccc1-c1cc(-c2c(N)cc(F)c(OC)c2N)ncn1. The first-order valence-corrected chi connectivity index (χ1v) is 8.12. The van der Waals surface area contributed by atoms with Gasteiger partial charge in [0, 0.05) is 23.4 Å². The van der Waals surface area contributed by atoms with Crippen molar-refractivity contribution in [2.24, 2.45) is 0 Å². The summed E-state index contributed by atoms with van der Waals surface area (Å²) in [5.74, 6) is -0.855. The van der Waals surface area contributed by atoms with Crippen LogP contribution in [0.15, 0.2) is 36.7 Å². The maximum absolute atomic E-state index is 14.0. The molecular weight excluding hydrogens is 354 g/mol. The van der Waals surface area contributed by atoms with Gasteiger partial charge in [0.25, 0.3) is 0 Å². The molecule has 27 heavy (non-hydrogen) atoms. The number of methoxy groups -OCH3 is 1. The zero-order valence-corrected chi connectivity index (χ0v) is 14.8.